The van der Waals surface area contributed by atoms with Gasteiger partial charge in [0.15, 0.2) is 0 Å². The topological polar surface area (TPSA) is 0 Å². The second-order valence-corrected chi connectivity index (χ2v) is 8.50. The molecule has 2 saturated carbocycles. The van der Waals surface area contributed by atoms with Gasteiger partial charge in [0, 0.05) is 16.0 Å². The van der Waals surface area contributed by atoms with Gasteiger partial charge in [-0.05, 0) is 72.6 Å². The molecule has 0 nitrogen and oxygen atoms in total. The highest BCUT2D eigenvalue weighted by Gasteiger charge is 2.53. The van der Waals surface area contributed by atoms with E-state index in [9.17, 15) is 0 Å². The zero-order valence-corrected chi connectivity index (χ0v) is 14.4. The Labute approximate surface area is 143 Å². The number of rotatable bonds is 0. The largest absolute Gasteiger partial charge is 0.0837 e. The number of benzene rings is 2. The molecule has 0 radical (unpaired) electrons. The van der Waals surface area contributed by atoms with E-state index in [1.807, 2.05) is 0 Å². The molecule has 23 heavy (non-hydrogen) atoms. The molecule has 0 N–H and O–H groups in total. The highest BCUT2D eigenvalue weighted by Crippen LogP contribution is 2.63. The predicted molar refractivity (Wildman–Crippen MR) is 96.9 cm³/mol. The van der Waals surface area contributed by atoms with Gasteiger partial charge in [0.1, 0.15) is 0 Å². The molecular formula is C22H23Cl. The molecule has 3 aliphatic rings. The highest BCUT2D eigenvalue weighted by molar-refractivity contribution is 6.33. The third-order valence-corrected chi connectivity index (χ3v) is 7.17. The lowest BCUT2D eigenvalue weighted by Gasteiger charge is -2.50. The molecule has 0 aliphatic heterocycles. The molecule has 1 spiro atoms. The van der Waals surface area contributed by atoms with Crippen molar-refractivity contribution >= 4 is 11.6 Å². The zero-order chi connectivity index (χ0) is 15.6. The van der Waals surface area contributed by atoms with E-state index in [1.165, 1.54) is 48.8 Å². The molecule has 3 aliphatic carbocycles. The van der Waals surface area contributed by atoms with Gasteiger partial charge in [-0.1, -0.05) is 54.9 Å². The maximum absolute atomic E-state index is 6.66. The molecule has 0 saturated heterocycles. The molecule has 4 atom stereocenters. The SMILES string of the molecule is CC1CC2CCC3(c4ccccc4-c4c(Cl)cccc43)C(C1)C2. The minimum absolute atomic E-state index is 0.224. The van der Waals surface area contributed by atoms with E-state index in [2.05, 4.69) is 49.4 Å². The van der Waals surface area contributed by atoms with Crippen molar-refractivity contribution in [3.8, 4) is 11.1 Å². The summed E-state index contributed by atoms with van der Waals surface area (Å²) in [5.41, 5.74) is 6.01. The van der Waals surface area contributed by atoms with Crippen molar-refractivity contribution in [2.75, 3.05) is 0 Å². The summed E-state index contributed by atoms with van der Waals surface area (Å²) >= 11 is 6.66. The summed E-state index contributed by atoms with van der Waals surface area (Å²) < 4.78 is 0. The van der Waals surface area contributed by atoms with Gasteiger partial charge >= 0.3 is 0 Å². The minimum Gasteiger partial charge on any atom is -0.0837 e. The molecule has 2 bridgehead atoms. The number of fused-ring (bicyclic) bond motifs is 8. The molecule has 1 heteroatoms. The standard InChI is InChI=1S/C22H23Cl/c1-14-11-15-9-10-22(16(12-14)13-15)18-6-3-2-5-17(18)21-19(22)7-4-8-20(21)23/h2-8,14-16H,9-13H2,1H3. The molecule has 2 aromatic rings. The van der Waals surface area contributed by atoms with Crippen molar-refractivity contribution in [2.45, 2.75) is 44.4 Å². The number of hydrogen-bond acceptors (Lipinski definition) is 0. The first-order valence-electron chi connectivity index (χ1n) is 9.09. The van der Waals surface area contributed by atoms with Gasteiger partial charge in [0.2, 0.25) is 0 Å². The van der Waals surface area contributed by atoms with Crippen molar-refractivity contribution < 1.29 is 0 Å². The molecule has 118 valence electrons. The van der Waals surface area contributed by atoms with Crippen LogP contribution in [0.5, 0.6) is 0 Å². The summed E-state index contributed by atoms with van der Waals surface area (Å²) in [6.45, 7) is 2.46. The van der Waals surface area contributed by atoms with Gasteiger partial charge in [0.05, 0.1) is 0 Å². The Morgan fingerprint density at radius 1 is 0.957 bits per heavy atom. The van der Waals surface area contributed by atoms with Gasteiger partial charge in [-0.25, -0.2) is 0 Å². The summed E-state index contributed by atoms with van der Waals surface area (Å²) in [7, 11) is 0. The van der Waals surface area contributed by atoms with E-state index in [0.29, 0.717) is 0 Å². The monoisotopic (exact) mass is 322 g/mol. The number of hydrogen-bond donors (Lipinski definition) is 0. The molecular weight excluding hydrogens is 300 g/mol. The van der Waals surface area contributed by atoms with E-state index < -0.39 is 0 Å². The normalized spacial score (nSPS) is 34.3. The molecule has 2 aromatic carbocycles. The van der Waals surface area contributed by atoms with Crippen LogP contribution in [0.1, 0.15) is 50.2 Å². The Kier molecular flexibility index (Phi) is 2.98. The fourth-order valence-corrected chi connectivity index (χ4v) is 6.41. The Balaban J connectivity index is 1.79. The Hall–Kier alpha value is -1.27. The van der Waals surface area contributed by atoms with Crippen molar-refractivity contribution in [3.63, 3.8) is 0 Å². The lowest BCUT2D eigenvalue weighted by molar-refractivity contribution is 0.0856. The van der Waals surface area contributed by atoms with Crippen molar-refractivity contribution in [2.24, 2.45) is 17.8 Å². The van der Waals surface area contributed by atoms with Crippen LogP contribution in [0.4, 0.5) is 0 Å². The van der Waals surface area contributed by atoms with E-state index in [1.54, 1.807) is 5.56 Å². The van der Waals surface area contributed by atoms with Crippen LogP contribution < -0.4 is 0 Å². The van der Waals surface area contributed by atoms with E-state index in [4.69, 9.17) is 11.6 Å². The molecule has 0 aromatic heterocycles. The predicted octanol–water partition coefficient (Wildman–Crippen LogP) is 6.45. The second kappa shape index (κ2) is 4.86. The van der Waals surface area contributed by atoms with E-state index in [0.717, 1.165) is 22.8 Å². The fourth-order valence-electron chi connectivity index (χ4n) is 6.13. The van der Waals surface area contributed by atoms with Crippen molar-refractivity contribution in [3.05, 3.63) is 58.6 Å². The van der Waals surface area contributed by atoms with Gasteiger partial charge in [-0.3, -0.25) is 0 Å². The van der Waals surface area contributed by atoms with Crippen LogP contribution >= 0.6 is 11.6 Å². The first-order chi connectivity index (χ1) is 11.2. The molecule has 2 fully saturated rings. The summed E-state index contributed by atoms with van der Waals surface area (Å²) in [6.07, 6.45) is 6.90. The first kappa shape index (κ1) is 14.1. The lowest BCUT2D eigenvalue weighted by Crippen LogP contribution is -2.44. The third kappa shape index (κ3) is 1.79. The van der Waals surface area contributed by atoms with E-state index in [-0.39, 0.29) is 5.41 Å². The minimum atomic E-state index is 0.224. The van der Waals surface area contributed by atoms with Gasteiger partial charge in [0.25, 0.3) is 0 Å². The van der Waals surface area contributed by atoms with Crippen LogP contribution in [-0.4, -0.2) is 0 Å². The van der Waals surface area contributed by atoms with Gasteiger partial charge < -0.3 is 0 Å². The average molecular weight is 323 g/mol. The summed E-state index contributed by atoms with van der Waals surface area (Å²) in [6, 6.07) is 15.6. The van der Waals surface area contributed by atoms with E-state index >= 15 is 0 Å². The quantitative estimate of drug-likeness (QED) is 0.522. The third-order valence-electron chi connectivity index (χ3n) is 6.86. The highest BCUT2D eigenvalue weighted by atomic mass is 35.5. The van der Waals surface area contributed by atoms with Crippen LogP contribution in [0.25, 0.3) is 11.1 Å². The summed E-state index contributed by atoms with van der Waals surface area (Å²) in [4.78, 5) is 0. The maximum atomic E-state index is 6.66. The van der Waals surface area contributed by atoms with Gasteiger partial charge in [-0.15, -0.1) is 0 Å². The maximum Gasteiger partial charge on any atom is 0.0487 e. The van der Waals surface area contributed by atoms with Crippen LogP contribution in [-0.2, 0) is 5.41 Å². The Bertz CT molecular complexity index is 775. The van der Waals surface area contributed by atoms with Crippen molar-refractivity contribution in [1.82, 2.24) is 0 Å². The first-order valence-corrected chi connectivity index (χ1v) is 9.47. The Morgan fingerprint density at radius 2 is 1.78 bits per heavy atom. The summed E-state index contributed by atoms with van der Waals surface area (Å²) in [5, 5.41) is 0.929. The summed E-state index contributed by atoms with van der Waals surface area (Å²) in [5.74, 6) is 2.60. The van der Waals surface area contributed by atoms with Crippen molar-refractivity contribution in [1.29, 1.82) is 0 Å². The molecule has 5 rings (SSSR count). The van der Waals surface area contributed by atoms with Crippen LogP contribution in [0, 0.1) is 17.8 Å². The average Bonchev–Trinajstić information content (AvgIpc) is 2.84. The lowest BCUT2D eigenvalue weighted by atomic mass is 9.53. The molecule has 4 unspecified atom stereocenters. The smallest absolute Gasteiger partial charge is 0.0487 e. The molecule has 0 amide bonds. The second-order valence-electron chi connectivity index (χ2n) is 8.09. The zero-order valence-electron chi connectivity index (χ0n) is 13.7. The number of halogens is 1. The van der Waals surface area contributed by atoms with Crippen LogP contribution in [0.3, 0.4) is 0 Å². The van der Waals surface area contributed by atoms with Crippen LogP contribution in [0.2, 0.25) is 5.02 Å². The Morgan fingerprint density at radius 3 is 2.70 bits per heavy atom. The fraction of sp³-hybridized carbons (Fsp3) is 0.455. The molecule has 0 heterocycles. The van der Waals surface area contributed by atoms with Gasteiger partial charge in [-0.2, -0.15) is 0 Å². The van der Waals surface area contributed by atoms with Crippen LogP contribution in [0.15, 0.2) is 42.5 Å².